The predicted octanol–water partition coefficient (Wildman–Crippen LogP) is 1.43. The molecule has 0 amide bonds. The summed E-state index contributed by atoms with van der Waals surface area (Å²) in [5.74, 6) is 1.000. The van der Waals surface area contributed by atoms with Gasteiger partial charge in [0.2, 0.25) is 0 Å². The van der Waals surface area contributed by atoms with Crippen molar-refractivity contribution >= 4 is 11.5 Å². The number of anilines is 1. The Balaban J connectivity index is 1.85. The van der Waals surface area contributed by atoms with Gasteiger partial charge in [-0.1, -0.05) is 5.16 Å². The maximum absolute atomic E-state index is 6.13. The van der Waals surface area contributed by atoms with Crippen LogP contribution in [0.25, 0.3) is 16.8 Å². The van der Waals surface area contributed by atoms with Crippen LogP contribution in [0, 0.1) is 0 Å². The maximum Gasteiger partial charge on any atom is 0.165 e. The quantitative estimate of drug-likeness (QED) is 0.739. The molecule has 0 spiro atoms. The molecule has 1 fully saturated rings. The zero-order valence-corrected chi connectivity index (χ0v) is 11.5. The Morgan fingerprint density at radius 1 is 1.38 bits per heavy atom. The highest BCUT2D eigenvalue weighted by molar-refractivity contribution is 5.77. The predicted molar refractivity (Wildman–Crippen MR) is 77.7 cm³/mol. The summed E-state index contributed by atoms with van der Waals surface area (Å²) in [5, 5.41) is 11.5. The van der Waals surface area contributed by atoms with Crippen molar-refractivity contribution in [1.29, 1.82) is 0 Å². The number of nitrogens with zero attached hydrogens (tertiary/aromatic N) is 4. The highest BCUT2D eigenvalue weighted by Gasteiger charge is 2.20. The molecule has 1 atom stereocenters. The first-order valence-corrected chi connectivity index (χ1v) is 7.07. The second-order valence-electron chi connectivity index (χ2n) is 5.36. The van der Waals surface area contributed by atoms with Gasteiger partial charge in [-0.3, -0.25) is 0 Å². The van der Waals surface area contributed by atoms with Crippen LogP contribution >= 0.6 is 0 Å². The molecule has 108 valence electrons. The van der Waals surface area contributed by atoms with E-state index in [0.717, 1.165) is 48.4 Å². The molecule has 1 aliphatic rings. The van der Waals surface area contributed by atoms with Crippen LogP contribution in [0.1, 0.15) is 24.5 Å². The third-order valence-corrected chi connectivity index (χ3v) is 3.98. The van der Waals surface area contributed by atoms with Gasteiger partial charge in [0.1, 0.15) is 12.1 Å². The number of aromatic nitrogens is 4. The lowest BCUT2D eigenvalue weighted by Gasteiger charge is -2.22. The monoisotopic (exact) mass is 284 g/mol. The van der Waals surface area contributed by atoms with E-state index >= 15 is 0 Å². The zero-order valence-electron chi connectivity index (χ0n) is 11.5. The van der Waals surface area contributed by atoms with Crippen molar-refractivity contribution in [3.8, 4) is 11.1 Å². The molecular formula is C14H16N6O. The van der Waals surface area contributed by atoms with Crippen LogP contribution in [-0.4, -0.2) is 32.8 Å². The summed E-state index contributed by atoms with van der Waals surface area (Å²) in [6, 6.07) is 1.93. The Kier molecular flexibility index (Phi) is 2.85. The molecule has 4 heterocycles. The van der Waals surface area contributed by atoms with E-state index in [1.54, 1.807) is 23.2 Å². The number of hydrogen-bond donors (Lipinski definition) is 2. The lowest BCUT2D eigenvalue weighted by Crippen LogP contribution is -2.29. The van der Waals surface area contributed by atoms with E-state index in [4.69, 9.17) is 15.2 Å². The standard InChI is InChI=1S/C14H16N6O/c15-13-4-12(9-2-1-3-16-5-9)19-14-11(7-17-20(13)14)10-6-18-21-8-10/h4,6-9,16H,1-3,5,15H2. The second-order valence-corrected chi connectivity index (χ2v) is 5.36. The van der Waals surface area contributed by atoms with Crippen LogP contribution in [0.2, 0.25) is 0 Å². The Labute approximate surface area is 121 Å². The van der Waals surface area contributed by atoms with Gasteiger partial charge in [-0.25, -0.2) is 4.98 Å². The minimum absolute atomic E-state index is 0.399. The minimum atomic E-state index is 0.399. The van der Waals surface area contributed by atoms with E-state index in [-0.39, 0.29) is 0 Å². The van der Waals surface area contributed by atoms with Gasteiger partial charge in [-0.15, -0.1) is 0 Å². The number of nitrogen functional groups attached to an aromatic ring is 1. The van der Waals surface area contributed by atoms with Gasteiger partial charge >= 0.3 is 0 Å². The summed E-state index contributed by atoms with van der Waals surface area (Å²) < 4.78 is 6.56. The van der Waals surface area contributed by atoms with Crippen molar-refractivity contribution in [2.45, 2.75) is 18.8 Å². The average molecular weight is 284 g/mol. The fraction of sp³-hybridized carbons (Fsp3) is 0.357. The molecule has 0 radical (unpaired) electrons. The molecule has 3 aromatic heterocycles. The lowest BCUT2D eigenvalue weighted by atomic mass is 9.96. The van der Waals surface area contributed by atoms with Crippen LogP contribution in [0.3, 0.4) is 0 Å². The molecule has 1 aliphatic heterocycles. The Morgan fingerprint density at radius 3 is 3.10 bits per heavy atom. The molecule has 4 rings (SSSR count). The van der Waals surface area contributed by atoms with Crippen LogP contribution in [0.5, 0.6) is 0 Å². The number of nitrogens with two attached hydrogens (primary N) is 1. The van der Waals surface area contributed by atoms with Crippen molar-refractivity contribution in [3.05, 3.63) is 30.4 Å². The summed E-state index contributed by atoms with van der Waals surface area (Å²) >= 11 is 0. The van der Waals surface area contributed by atoms with Crippen LogP contribution < -0.4 is 11.1 Å². The highest BCUT2D eigenvalue weighted by Crippen LogP contribution is 2.28. The number of piperidine rings is 1. The van der Waals surface area contributed by atoms with Gasteiger partial charge in [0, 0.05) is 24.1 Å². The van der Waals surface area contributed by atoms with Crippen molar-refractivity contribution in [2.24, 2.45) is 0 Å². The smallest absolute Gasteiger partial charge is 0.165 e. The van der Waals surface area contributed by atoms with E-state index < -0.39 is 0 Å². The summed E-state index contributed by atoms with van der Waals surface area (Å²) in [4.78, 5) is 4.79. The fourth-order valence-electron chi connectivity index (χ4n) is 2.86. The number of nitrogens with one attached hydrogen (secondary N) is 1. The lowest BCUT2D eigenvalue weighted by molar-refractivity contribution is 0.420. The largest absolute Gasteiger partial charge is 0.384 e. The topological polar surface area (TPSA) is 94.3 Å². The number of hydrogen-bond acceptors (Lipinski definition) is 6. The van der Waals surface area contributed by atoms with Crippen molar-refractivity contribution < 1.29 is 4.52 Å². The van der Waals surface area contributed by atoms with Crippen molar-refractivity contribution in [1.82, 2.24) is 25.1 Å². The molecule has 0 aliphatic carbocycles. The molecule has 0 bridgehead atoms. The third kappa shape index (κ3) is 2.06. The first-order chi connectivity index (χ1) is 10.3. The molecule has 21 heavy (non-hydrogen) atoms. The molecule has 3 aromatic rings. The SMILES string of the molecule is Nc1cc(C2CCCNC2)nc2c(-c3cnoc3)cnn12. The molecule has 0 saturated carbocycles. The van der Waals surface area contributed by atoms with Gasteiger partial charge < -0.3 is 15.6 Å². The molecule has 7 nitrogen and oxygen atoms in total. The average Bonchev–Trinajstić information content (AvgIpc) is 3.16. The Bertz CT molecular complexity index is 757. The minimum Gasteiger partial charge on any atom is -0.384 e. The van der Waals surface area contributed by atoms with Crippen molar-refractivity contribution in [2.75, 3.05) is 18.8 Å². The molecule has 1 unspecified atom stereocenters. The number of fused-ring (bicyclic) bond motifs is 1. The van der Waals surface area contributed by atoms with Gasteiger partial charge in [0.25, 0.3) is 0 Å². The number of rotatable bonds is 2. The molecular weight excluding hydrogens is 268 g/mol. The van der Waals surface area contributed by atoms with Crippen LogP contribution in [0.15, 0.2) is 29.2 Å². The zero-order chi connectivity index (χ0) is 14.2. The van der Waals surface area contributed by atoms with E-state index in [1.807, 2.05) is 6.07 Å². The van der Waals surface area contributed by atoms with E-state index in [1.165, 1.54) is 0 Å². The van der Waals surface area contributed by atoms with Gasteiger partial charge in [0.15, 0.2) is 5.65 Å². The summed E-state index contributed by atoms with van der Waals surface area (Å²) in [6.07, 6.45) is 7.28. The van der Waals surface area contributed by atoms with Gasteiger partial charge in [-0.05, 0) is 19.4 Å². The Morgan fingerprint density at radius 2 is 2.33 bits per heavy atom. The summed E-state index contributed by atoms with van der Waals surface area (Å²) in [6.45, 7) is 2.02. The maximum atomic E-state index is 6.13. The molecule has 3 N–H and O–H groups in total. The fourth-order valence-corrected chi connectivity index (χ4v) is 2.86. The van der Waals surface area contributed by atoms with Crippen LogP contribution in [-0.2, 0) is 0 Å². The molecule has 1 saturated heterocycles. The first kappa shape index (κ1) is 12.3. The van der Waals surface area contributed by atoms with Crippen molar-refractivity contribution in [3.63, 3.8) is 0 Å². The van der Waals surface area contributed by atoms with Gasteiger partial charge in [0.05, 0.1) is 23.7 Å². The van der Waals surface area contributed by atoms with Crippen LogP contribution in [0.4, 0.5) is 5.82 Å². The first-order valence-electron chi connectivity index (χ1n) is 7.07. The summed E-state index contributed by atoms with van der Waals surface area (Å²) in [5.41, 5.74) is 9.64. The molecule has 0 aromatic carbocycles. The summed E-state index contributed by atoms with van der Waals surface area (Å²) in [7, 11) is 0. The highest BCUT2D eigenvalue weighted by atomic mass is 16.5. The van der Waals surface area contributed by atoms with Gasteiger partial charge in [-0.2, -0.15) is 9.61 Å². The Hall–Kier alpha value is -2.41. The van der Waals surface area contributed by atoms with E-state index in [9.17, 15) is 0 Å². The third-order valence-electron chi connectivity index (χ3n) is 3.98. The van der Waals surface area contributed by atoms with E-state index in [0.29, 0.717) is 11.7 Å². The molecule has 7 heteroatoms. The second kappa shape index (κ2) is 4.85. The normalized spacial score (nSPS) is 19.1. The van der Waals surface area contributed by atoms with E-state index in [2.05, 4.69) is 15.6 Å².